The van der Waals surface area contributed by atoms with E-state index in [2.05, 4.69) is 25.4 Å². The molecule has 4 rings (SSSR count). The van der Waals surface area contributed by atoms with Gasteiger partial charge in [0.25, 0.3) is 5.56 Å². The highest BCUT2D eigenvalue weighted by atomic mass is 19.1. The molecule has 8 nitrogen and oxygen atoms in total. The first-order chi connectivity index (χ1) is 14.3. The summed E-state index contributed by atoms with van der Waals surface area (Å²) in [5, 5.41) is 7.73. The summed E-state index contributed by atoms with van der Waals surface area (Å²) in [6.45, 7) is 6.20. The van der Waals surface area contributed by atoms with Crippen molar-refractivity contribution in [2.24, 2.45) is 0 Å². The summed E-state index contributed by atoms with van der Waals surface area (Å²) in [4.78, 5) is 23.5. The van der Waals surface area contributed by atoms with Gasteiger partial charge in [0.15, 0.2) is 17.2 Å². The minimum Gasteiger partial charge on any atom is -0.453 e. The number of aromatic amines is 1. The van der Waals surface area contributed by atoms with E-state index >= 15 is 0 Å². The Morgan fingerprint density at radius 2 is 2.07 bits per heavy atom. The number of nitrogens with one attached hydrogen (secondary N) is 2. The second-order valence-corrected chi connectivity index (χ2v) is 7.79. The van der Waals surface area contributed by atoms with Gasteiger partial charge in [0.1, 0.15) is 11.1 Å². The first-order valence-electron chi connectivity index (χ1n) is 9.40. The summed E-state index contributed by atoms with van der Waals surface area (Å²) in [6, 6.07) is 8.06. The number of aromatic nitrogens is 5. The van der Waals surface area contributed by atoms with Crippen molar-refractivity contribution >= 4 is 17.0 Å². The predicted molar refractivity (Wildman–Crippen MR) is 111 cm³/mol. The van der Waals surface area contributed by atoms with Gasteiger partial charge < -0.3 is 10.1 Å². The number of hydrogen-bond acceptors (Lipinski definition) is 6. The molecule has 0 amide bonds. The van der Waals surface area contributed by atoms with Crippen molar-refractivity contribution in [1.29, 1.82) is 0 Å². The Bertz CT molecular complexity index is 1240. The van der Waals surface area contributed by atoms with E-state index in [1.807, 2.05) is 20.8 Å². The normalized spacial score (nSPS) is 11.6. The van der Waals surface area contributed by atoms with Crippen LogP contribution in [0.3, 0.4) is 0 Å². The van der Waals surface area contributed by atoms with E-state index in [1.54, 1.807) is 35.1 Å². The van der Waals surface area contributed by atoms with Gasteiger partial charge in [0, 0.05) is 12.7 Å². The summed E-state index contributed by atoms with van der Waals surface area (Å²) in [5.41, 5.74) is 0.537. The number of rotatable bonds is 5. The lowest BCUT2D eigenvalue weighted by Crippen LogP contribution is -2.24. The maximum Gasteiger partial charge on any atom is 0.263 e. The smallest absolute Gasteiger partial charge is 0.263 e. The fourth-order valence-electron chi connectivity index (χ4n) is 2.95. The van der Waals surface area contributed by atoms with Gasteiger partial charge in [-0.15, -0.1) is 0 Å². The number of fused-ring (bicyclic) bond motifs is 1. The summed E-state index contributed by atoms with van der Waals surface area (Å²) >= 11 is 0. The summed E-state index contributed by atoms with van der Waals surface area (Å²) < 4.78 is 21.6. The highest BCUT2D eigenvalue weighted by Crippen LogP contribution is 2.25. The first kappa shape index (κ1) is 19.6. The molecule has 0 aliphatic rings. The Hall–Kier alpha value is -3.75. The fourth-order valence-corrected chi connectivity index (χ4v) is 2.95. The van der Waals surface area contributed by atoms with Gasteiger partial charge in [-0.1, -0.05) is 6.07 Å². The second-order valence-electron chi connectivity index (χ2n) is 7.79. The van der Waals surface area contributed by atoms with Crippen LogP contribution in [0.15, 0.2) is 53.7 Å². The van der Waals surface area contributed by atoms with E-state index in [1.165, 1.54) is 18.5 Å². The van der Waals surface area contributed by atoms with Crippen molar-refractivity contribution in [3.63, 3.8) is 0 Å². The molecule has 0 bridgehead atoms. The molecule has 9 heteroatoms. The van der Waals surface area contributed by atoms with Crippen LogP contribution in [-0.4, -0.2) is 24.7 Å². The third-order valence-electron chi connectivity index (χ3n) is 4.39. The maximum atomic E-state index is 14.4. The van der Waals surface area contributed by atoms with Gasteiger partial charge >= 0.3 is 0 Å². The molecule has 1 aromatic carbocycles. The molecule has 0 unspecified atom stereocenters. The zero-order chi connectivity index (χ0) is 21.3. The lowest BCUT2D eigenvalue weighted by molar-refractivity contribution is 0.366. The van der Waals surface area contributed by atoms with Crippen LogP contribution >= 0.6 is 0 Å². The van der Waals surface area contributed by atoms with Crippen molar-refractivity contribution < 1.29 is 9.13 Å². The van der Waals surface area contributed by atoms with E-state index in [9.17, 15) is 9.18 Å². The molecule has 154 valence electrons. The largest absolute Gasteiger partial charge is 0.453 e. The first-order valence-corrected chi connectivity index (χ1v) is 9.40. The minimum absolute atomic E-state index is 0.105. The molecular weight excluding hydrogens is 387 g/mol. The van der Waals surface area contributed by atoms with Crippen molar-refractivity contribution in [1.82, 2.24) is 24.7 Å². The van der Waals surface area contributed by atoms with Crippen molar-refractivity contribution in [3.8, 4) is 11.5 Å². The summed E-state index contributed by atoms with van der Waals surface area (Å²) in [5.74, 6) is 0.344. The van der Waals surface area contributed by atoms with Crippen LogP contribution in [0.5, 0.6) is 11.5 Å². The summed E-state index contributed by atoms with van der Waals surface area (Å²) in [6.07, 6.45) is 4.63. The van der Waals surface area contributed by atoms with Gasteiger partial charge in [0.05, 0.1) is 17.9 Å². The molecule has 0 fully saturated rings. The van der Waals surface area contributed by atoms with Gasteiger partial charge in [-0.2, -0.15) is 10.1 Å². The lowest BCUT2D eigenvalue weighted by atomic mass is 10.1. The fraction of sp³-hybridized carbons (Fsp3) is 0.238. The number of ether oxygens (including phenoxy) is 1. The number of hydrogen-bond donors (Lipinski definition) is 2. The van der Waals surface area contributed by atoms with Crippen molar-refractivity contribution in [2.75, 3.05) is 5.32 Å². The Morgan fingerprint density at radius 1 is 1.23 bits per heavy atom. The average Bonchev–Trinajstić information content (AvgIpc) is 3.14. The SMILES string of the molecule is CC(C)(C)n1ncc2c(=O)[nH]c(NCc3ccc(Oc4cccnc4)c(F)c3)nc21. The van der Waals surface area contributed by atoms with Crippen LogP contribution in [0.2, 0.25) is 0 Å². The number of benzene rings is 1. The third-order valence-corrected chi connectivity index (χ3v) is 4.39. The zero-order valence-corrected chi connectivity index (χ0v) is 16.8. The monoisotopic (exact) mass is 408 g/mol. The molecule has 3 aromatic heterocycles. The van der Waals surface area contributed by atoms with Crippen molar-refractivity contribution in [3.05, 3.63) is 70.7 Å². The van der Waals surface area contributed by atoms with Gasteiger partial charge in [0.2, 0.25) is 5.95 Å². The number of pyridine rings is 1. The Morgan fingerprint density at radius 3 is 2.77 bits per heavy atom. The van der Waals surface area contributed by atoms with Crippen LogP contribution in [0.25, 0.3) is 11.0 Å². The number of nitrogens with zero attached hydrogens (tertiary/aromatic N) is 4. The third kappa shape index (κ3) is 4.00. The summed E-state index contributed by atoms with van der Waals surface area (Å²) in [7, 11) is 0. The van der Waals surface area contributed by atoms with Crippen LogP contribution in [-0.2, 0) is 12.1 Å². The minimum atomic E-state index is -0.499. The molecule has 2 N–H and O–H groups in total. The highest BCUT2D eigenvalue weighted by Gasteiger charge is 2.19. The van der Waals surface area contributed by atoms with E-state index < -0.39 is 5.82 Å². The Kier molecular flexibility index (Phi) is 4.94. The van der Waals surface area contributed by atoms with E-state index in [4.69, 9.17) is 4.74 Å². The van der Waals surface area contributed by atoms with Gasteiger partial charge in [-0.25, -0.2) is 9.07 Å². The molecule has 0 spiro atoms. The maximum absolute atomic E-state index is 14.4. The average molecular weight is 408 g/mol. The second kappa shape index (κ2) is 7.58. The molecule has 0 saturated heterocycles. The predicted octanol–water partition coefficient (Wildman–Crippen LogP) is 3.81. The van der Waals surface area contributed by atoms with Crippen LogP contribution in [0.4, 0.5) is 10.3 Å². The molecule has 0 atom stereocenters. The molecule has 0 aliphatic heterocycles. The molecular formula is C21H21FN6O2. The van der Waals surface area contributed by atoms with E-state index in [-0.39, 0.29) is 29.3 Å². The van der Waals surface area contributed by atoms with Gasteiger partial charge in [-0.3, -0.25) is 14.8 Å². The van der Waals surface area contributed by atoms with Gasteiger partial charge in [-0.05, 0) is 50.6 Å². The molecule has 3 heterocycles. The van der Waals surface area contributed by atoms with Crippen molar-refractivity contribution in [2.45, 2.75) is 32.9 Å². The number of halogens is 1. The number of H-pyrrole nitrogens is 1. The van der Waals surface area contributed by atoms with E-state index in [0.717, 1.165) is 0 Å². The Labute approximate surface area is 171 Å². The lowest BCUT2D eigenvalue weighted by Gasteiger charge is -2.19. The van der Waals surface area contributed by atoms with Crippen LogP contribution < -0.4 is 15.6 Å². The molecule has 0 radical (unpaired) electrons. The number of anilines is 1. The Balaban J connectivity index is 1.52. The molecule has 0 aliphatic carbocycles. The topological polar surface area (TPSA) is 97.7 Å². The zero-order valence-electron chi connectivity index (χ0n) is 16.8. The highest BCUT2D eigenvalue weighted by molar-refractivity contribution is 5.74. The molecule has 4 aromatic rings. The van der Waals surface area contributed by atoms with E-state index in [0.29, 0.717) is 22.3 Å². The standard InChI is InChI=1S/C21H21FN6O2/c1-21(2,3)28-18-15(12-25-28)19(29)27-20(26-18)24-10-13-6-7-17(16(22)9-13)30-14-5-4-8-23-11-14/h4-9,11-12H,10H2,1-3H3,(H2,24,26,27,29). The van der Waals surface area contributed by atoms with Crippen LogP contribution in [0, 0.1) is 5.82 Å². The molecule has 0 saturated carbocycles. The van der Waals surface area contributed by atoms with Crippen LogP contribution in [0.1, 0.15) is 26.3 Å². The quantitative estimate of drug-likeness (QED) is 0.521. The molecule has 30 heavy (non-hydrogen) atoms.